The van der Waals surface area contributed by atoms with Gasteiger partial charge in [0.25, 0.3) is 5.91 Å². The summed E-state index contributed by atoms with van der Waals surface area (Å²) in [6.45, 7) is 5.67. The van der Waals surface area contributed by atoms with Crippen molar-refractivity contribution in [3.63, 3.8) is 0 Å². The Bertz CT molecular complexity index is 829. The van der Waals surface area contributed by atoms with E-state index in [-0.39, 0.29) is 18.3 Å². The molecular formula is C22H32ClN3O2. The lowest BCUT2D eigenvalue weighted by Gasteiger charge is -2.37. The molecule has 154 valence electrons. The van der Waals surface area contributed by atoms with Crippen LogP contribution in [0.1, 0.15) is 43.0 Å². The maximum absolute atomic E-state index is 13.4. The van der Waals surface area contributed by atoms with E-state index in [1.54, 1.807) is 7.11 Å². The highest BCUT2D eigenvalue weighted by molar-refractivity contribution is 6.08. The summed E-state index contributed by atoms with van der Waals surface area (Å²) in [4.78, 5) is 17.7. The number of nitrogens with zero attached hydrogens (tertiary/aromatic N) is 3. The molecule has 2 aromatic rings. The van der Waals surface area contributed by atoms with Crippen LogP contribution in [-0.4, -0.2) is 60.1 Å². The van der Waals surface area contributed by atoms with Gasteiger partial charge in [0.05, 0.1) is 18.2 Å². The maximum Gasteiger partial charge on any atom is 0.256 e. The van der Waals surface area contributed by atoms with E-state index in [9.17, 15) is 4.79 Å². The van der Waals surface area contributed by atoms with Crippen LogP contribution in [0.3, 0.4) is 0 Å². The number of para-hydroxylation sites is 1. The first-order chi connectivity index (χ1) is 13.1. The second-order valence-electron chi connectivity index (χ2n) is 8.28. The molecule has 0 radical (unpaired) electrons. The van der Waals surface area contributed by atoms with Crippen LogP contribution in [0.5, 0.6) is 5.75 Å². The van der Waals surface area contributed by atoms with Crippen molar-refractivity contribution in [1.82, 2.24) is 14.4 Å². The monoisotopic (exact) mass is 405 g/mol. The number of hydrogen-bond acceptors (Lipinski definition) is 3. The molecule has 0 N–H and O–H groups in total. The van der Waals surface area contributed by atoms with Crippen LogP contribution in [0, 0.1) is 5.92 Å². The van der Waals surface area contributed by atoms with Crippen molar-refractivity contribution in [2.75, 3.05) is 33.8 Å². The van der Waals surface area contributed by atoms with Crippen LogP contribution in [0.25, 0.3) is 10.9 Å². The Morgan fingerprint density at radius 3 is 2.64 bits per heavy atom. The molecule has 4 rings (SSSR count). The number of likely N-dealkylation sites (N-methyl/N-ethyl adjacent to an activating group) is 1. The van der Waals surface area contributed by atoms with E-state index < -0.39 is 0 Å². The molecule has 1 saturated heterocycles. The number of carbonyl (C=O) groups is 1. The topological polar surface area (TPSA) is 37.7 Å². The van der Waals surface area contributed by atoms with Crippen molar-refractivity contribution in [3.05, 3.63) is 30.0 Å². The average molecular weight is 406 g/mol. The Morgan fingerprint density at radius 2 is 1.96 bits per heavy atom. The Morgan fingerprint density at radius 1 is 1.21 bits per heavy atom. The number of methoxy groups -OCH3 is 1. The van der Waals surface area contributed by atoms with E-state index in [0.29, 0.717) is 12.0 Å². The zero-order chi connectivity index (χ0) is 19.0. The third kappa shape index (κ3) is 3.87. The Hall–Kier alpha value is -1.72. The molecule has 2 heterocycles. The predicted octanol–water partition coefficient (Wildman–Crippen LogP) is 4.04. The molecule has 0 spiro atoms. The first-order valence-corrected chi connectivity index (χ1v) is 10.2. The molecular weight excluding hydrogens is 374 g/mol. The maximum atomic E-state index is 13.4. The standard InChI is InChI=1S/C22H31N3O2.ClH/c1-16-13-24(12-11-23(16)2)22(26)19-15-25(14-17-7-4-5-8-17)21-18(19)9-6-10-20(21)27-3;/h6,9-10,15-17H,4-5,7-8,11-14H2,1-3H3;1H/t16-;/m1./s1. The first-order valence-electron chi connectivity index (χ1n) is 10.2. The Labute approximate surface area is 174 Å². The van der Waals surface area contributed by atoms with Crippen LogP contribution < -0.4 is 4.74 Å². The summed E-state index contributed by atoms with van der Waals surface area (Å²) in [5.74, 6) is 1.71. The lowest BCUT2D eigenvalue weighted by molar-refractivity contribution is 0.0574. The summed E-state index contributed by atoms with van der Waals surface area (Å²) < 4.78 is 7.92. The van der Waals surface area contributed by atoms with Gasteiger partial charge in [0.2, 0.25) is 0 Å². The number of amides is 1. The molecule has 2 fully saturated rings. The number of hydrogen-bond donors (Lipinski definition) is 0. The summed E-state index contributed by atoms with van der Waals surface area (Å²) in [6, 6.07) is 6.45. The summed E-state index contributed by atoms with van der Waals surface area (Å²) in [5.41, 5.74) is 1.89. The molecule has 5 nitrogen and oxygen atoms in total. The van der Waals surface area contributed by atoms with Crippen molar-refractivity contribution in [2.45, 2.75) is 45.2 Å². The molecule has 0 unspecified atom stereocenters. The highest BCUT2D eigenvalue weighted by Gasteiger charge is 2.28. The Balaban J connectivity index is 0.00000225. The highest BCUT2D eigenvalue weighted by Crippen LogP contribution is 2.34. The number of aromatic nitrogens is 1. The summed E-state index contributed by atoms with van der Waals surface area (Å²) in [5, 5.41) is 1.02. The quantitative estimate of drug-likeness (QED) is 0.770. The van der Waals surface area contributed by atoms with Gasteiger partial charge in [0.1, 0.15) is 5.75 Å². The lowest BCUT2D eigenvalue weighted by atomic mass is 10.1. The fraction of sp³-hybridized carbons (Fsp3) is 0.591. The van der Waals surface area contributed by atoms with Crippen molar-refractivity contribution in [1.29, 1.82) is 0 Å². The molecule has 2 aliphatic rings. The SMILES string of the molecule is COc1cccc2c(C(=O)N3CCN(C)[C@H](C)C3)cn(CC3CCCC3)c12.Cl. The minimum absolute atomic E-state index is 0. The minimum Gasteiger partial charge on any atom is -0.495 e. The second kappa shape index (κ2) is 8.75. The Kier molecular flexibility index (Phi) is 6.56. The highest BCUT2D eigenvalue weighted by atomic mass is 35.5. The van der Waals surface area contributed by atoms with Crippen LogP contribution >= 0.6 is 12.4 Å². The zero-order valence-electron chi connectivity index (χ0n) is 17.2. The fourth-order valence-corrected chi connectivity index (χ4v) is 4.68. The molecule has 1 aliphatic carbocycles. The smallest absolute Gasteiger partial charge is 0.256 e. The molecule has 28 heavy (non-hydrogen) atoms. The van der Waals surface area contributed by atoms with E-state index >= 15 is 0 Å². The summed E-state index contributed by atoms with van der Waals surface area (Å²) >= 11 is 0. The molecule has 1 amide bonds. The number of piperazine rings is 1. The molecule has 6 heteroatoms. The van der Waals surface area contributed by atoms with Gasteiger partial charge in [-0.1, -0.05) is 25.0 Å². The van der Waals surface area contributed by atoms with E-state index in [0.717, 1.165) is 48.4 Å². The van der Waals surface area contributed by atoms with Crippen molar-refractivity contribution in [2.24, 2.45) is 5.92 Å². The van der Waals surface area contributed by atoms with Gasteiger partial charge in [-0.25, -0.2) is 0 Å². The molecule has 1 aromatic heterocycles. The second-order valence-corrected chi connectivity index (χ2v) is 8.28. The van der Waals surface area contributed by atoms with Crippen LogP contribution in [0.2, 0.25) is 0 Å². The third-order valence-corrected chi connectivity index (χ3v) is 6.49. The molecule has 1 aromatic carbocycles. The summed E-state index contributed by atoms with van der Waals surface area (Å²) in [6.07, 6.45) is 7.30. The number of fused-ring (bicyclic) bond motifs is 1. The number of halogens is 1. The number of benzene rings is 1. The normalized spacial score (nSPS) is 21.1. The van der Waals surface area contributed by atoms with E-state index in [1.807, 2.05) is 17.0 Å². The van der Waals surface area contributed by atoms with E-state index in [4.69, 9.17) is 4.74 Å². The van der Waals surface area contributed by atoms with Crippen molar-refractivity contribution < 1.29 is 9.53 Å². The molecule has 1 aliphatic heterocycles. The summed E-state index contributed by atoms with van der Waals surface area (Å²) in [7, 11) is 3.84. The van der Waals surface area contributed by atoms with Crippen LogP contribution in [0.4, 0.5) is 0 Å². The third-order valence-electron chi connectivity index (χ3n) is 6.49. The average Bonchev–Trinajstić information content (AvgIpc) is 3.32. The number of ether oxygens (including phenoxy) is 1. The minimum atomic E-state index is 0. The molecule has 1 saturated carbocycles. The van der Waals surface area contributed by atoms with Gasteiger partial charge in [-0.3, -0.25) is 4.79 Å². The van der Waals surface area contributed by atoms with Gasteiger partial charge in [0.15, 0.2) is 0 Å². The molecule has 1 atom stereocenters. The first kappa shape index (κ1) is 21.0. The lowest BCUT2D eigenvalue weighted by Crippen LogP contribution is -2.52. The predicted molar refractivity (Wildman–Crippen MR) is 116 cm³/mol. The van der Waals surface area contributed by atoms with Gasteiger partial charge < -0.3 is 19.1 Å². The fourth-order valence-electron chi connectivity index (χ4n) is 4.68. The van der Waals surface area contributed by atoms with Gasteiger partial charge in [-0.15, -0.1) is 12.4 Å². The number of rotatable bonds is 4. The molecule has 0 bridgehead atoms. The van der Waals surface area contributed by atoms with E-state index in [2.05, 4.69) is 35.7 Å². The largest absolute Gasteiger partial charge is 0.495 e. The van der Waals surface area contributed by atoms with Gasteiger partial charge in [-0.05, 0) is 38.8 Å². The van der Waals surface area contributed by atoms with Gasteiger partial charge >= 0.3 is 0 Å². The van der Waals surface area contributed by atoms with Crippen LogP contribution in [-0.2, 0) is 6.54 Å². The van der Waals surface area contributed by atoms with Crippen LogP contribution in [0.15, 0.2) is 24.4 Å². The van der Waals surface area contributed by atoms with Gasteiger partial charge in [-0.2, -0.15) is 0 Å². The number of carbonyl (C=O) groups excluding carboxylic acids is 1. The van der Waals surface area contributed by atoms with Gasteiger partial charge in [0, 0.05) is 43.8 Å². The van der Waals surface area contributed by atoms with Crippen molar-refractivity contribution in [3.8, 4) is 5.75 Å². The zero-order valence-corrected chi connectivity index (χ0v) is 18.0. The van der Waals surface area contributed by atoms with Crippen molar-refractivity contribution >= 4 is 29.2 Å². The van der Waals surface area contributed by atoms with E-state index in [1.165, 1.54) is 25.7 Å².